The van der Waals surface area contributed by atoms with E-state index in [1.165, 1.54) is 24.8 Å². The Morgan fingerprint density at radius 2 is 1.65 bits per heavy atom. The van der Waals surface area contributed by atoms with Crippen molar-refractivity contribution in [1.29, 1.82) is 0 Å². The zero-order valence-corrected chi connectivity index (χ0v) is 9.98. The maximum Gasteiger partial charge on any atom is 0.207 e. The molecule has 17 heavy (non-hydrogen) atoms. The number of hydrogen-bond acceptors (Lipinski definition) is 2. The molecule has 0 aliphatic heterocycles. The van der Waals surface area contributed by atoms with Gasteiger partial charge in [-0.25, -0.2) is 0 Å². The molecule has 3 heteroatoms. The van der Waals surface area contributed by atoms with Crippen molar-refractivity contribution in [2.75, 3.05) is 0 Å². The second kappa shape index (κ2) is 3.83. The number of carbonyl (C=O) groups is 1. The SMILES string of the molecule is O=CNC12CCC(c3ccncc3)(CC1)CC2. The highest BCUT2D eigenvalue weighted by Gasteiger charge is 2.49. The molecule has 2 bridgehead atoms. The lowest BCUT2D eigenvalue weighted by molar-refractivity contribution is -0.112. The van der Waals surface area contributed by atoms with E-state index in [1.807, 2.05) is 12.4 Å². The number of pyridine rings is 1. The van der Waals surface area contributed by atoms with Crippen molar-refractivity contribution < 1.29 is 4.79 Å². The maximum atomic E-state index is 10.7. The van der Waals surface area contributed by atoms with E-state index in [1.54, 1.807) is 0 Å². The fourth-order valence-electron chi connectivity index (χ4n) is 3.67. The molecule has 0 atom stereocenters. The van der Waals surface area contributed by atoms with E-state index in [0.717, 1.165) is 25.7 Å². The molecule has 3 aliphatic carbocycles. The van der Waals surface area contributed by atoms with Crippen molar-refractivity contribution in [3.63, 3.8) is 0 Å². The van der Waals surface area contributed by atoms with Crippen LogP contribution in [0.1, 0.15) is 44.1 Å². The minimum atomic E-state index is 0.108. The Labute approximate surface area is 102 Å². The highest BCUT2D eigenvalue weighted by atomic mass is 16.1. The van der Waals surface area contributed by atoms with Crippen LogP contribution in [0.15, 0.2) is 24.5 Å². The van der Waals surface area contributed by atoms with Gasteiger partial charge in [-0.2, -0.15) is 0 Å². The van der Waals surface area contributed by atoms with Gasteiger partial charge in [-0.15, -0.1) is 0 Å². The number of amides is 1. The molecule has 3 aliphatic rings. The lowest BCUT2D eigenvalue weighted by Gasteiger charge is -2.53. The number of rotatable bonds is 3. The van der Waals surface area contributed by atoms with Gasteiger partial charge in [0.15, 0.2) is 0 Å². The summed E-state index contributed by atoms with van der Waals surface area (Å²) in [6, 6.07) is 4.32. The van der Waals surface area contributed by atoms with Gasteiger partial charge in [-0.1, -0.05) is 0 Å². The summed E-state index contributed by atoms with van der Waals surface area (Å²) in [5.74, 6) is 0. The molecule has 0 saturated heterocycles. The first kappa shape index (κ1) is 10.8. The van der Waals surface area contributed by atoms with Crippen LogP contribution in [0.5, 0.6) is 0 Å². The molecule has 4 rings (SSSR count). The Morgan fingerprint density at radius 3 is 2.18 bits per heavy atom. The van der Waals surface area contributed by atoms with Crippen LogP contribution >= 0.6 is 0 Å². The summed E-state index contributed by atoms with van der Waals surface area (Å²) < 4.78 is 0. The van der Waals surface area contributed by atoms with Gasteiger partial charge in [0.2, 0.25) is 6.41 Å². The van der Waals surface area contributed by atoms with E-state index < -0.39 is 0 Å². The van der Waals surface area contributed by atoms with Crippen LogP contribution < -0.4 is 5.32 Å². The molecule has 0 radical (unpaired) electrons. The summed E-state index contributed by atoms with van der Waals surface area (Å²) in [5, 5.41) is 3.06. The van der Waals surface area contributed by atoms with E-state index in [4.69, 9.17) is 0 Å². The molecule has 3 fully saturated rings. The molecular weight excluding hydrogens is 212 g/mol. The first-order valence-electron chi connectivity index (χ1n) is 6.41. The van der Waals surface area contributed by atoms with Crippen molar-refractivity contribution >= 4 is 6.41 Å². The number of carbonyl (C=O) groups excluding carboxylic acids is 1. The van der Waals surface area contributed by atoms with Gasteiger partial charge in [0.05, 0.1) is 0 Å². The molecule has 1 amide bonds. The summed E-state index contributed by atoms with van der Waals surface area (Å²) in [6.07, 6.45) is 11.6. The molecule has 0 unspecified atom stereocenters. The first-order valence-corrected chi connectivity index (χ1v) is 6.41. The summed E-state index contributed by atoms with van der Waals surface area (Å²) in [6.45, 7) is 0. The third kappa shape index (κ3) is 1.65. The molecule has 3 nitrogen and oxygen atoms in total. The summed E-state index contributed by atoms with van der Waals surface area (Å²) in [7, 11) is 0. The standard InChI is InChI=1S/C14H18N2O/c17-11-16-14-6-3-13(4-7-14,5-8-14)12-1-9-15-10-2-12/h1-2,9-11H,3-8H2,(H,16,17). The van der Waals surface area contributed by atoms with Gasteiger partial charge in [-0.3, -0.25) is 9.78 Å². The molecule has 0 aromatic carbocycles. The van der Waals surface area contributed by atoms with Crippen molar-refractivity contribution in [3.05, 3.63) is 30.1 Å². The Bertz CT molecular complexity index is 391. The molecule has 90 valence electrons. The average molecular weight is 230 g/mol. The van der Waals surface area contributed by atoms with E-state index in [0.29, 0.717) is 5.41 Å². The third-order valence-electron chi connectivity index (χ3n) is 4.90. The zero-order chi connectivity index (χ0) is 11.8. The molecule has 1 aromatic rings. The smallest absolute Gasteiger partial charge is 0.207 e. The average Bonchev–Trinajstić information content (AvgIpc) is 2.42. The largest absolute Gasteiger partial charge is 0.353 e. The minimum Gasteiger partial charge on any atom is -0.353 e. The van der Waals surface area contributed by atoms with E-state index in [9.17, 15) is 4.79 Å². The van der Waals surface area contributed by atoms with Crippen LogP contribution in [0.2, 0.25) is 0 Å². The Balaban J connectivity index is 1.84. The molecule has 1 aromatic heterocycles. The Morgan fingerprint density at radius 1 is 1.06 bits per heavy atom. The van der Waals surface area contributed by atoms with Gasteiger partial charge in [0.25, 0.3) is 0 Å². The van der Waals surface area contributed by atoms with Crippen molar-refractivity contribution in [1.82, 2.24) is 10.3 Å². The number of aromatic nitrogens is 1. The van der Waals surface area contributed by atoms with E-state index in [2.05, 4.69) is 22.4 Å². The van der Waals surface area contributed by atoms with Gasteiger partial charge < -0.3 is 5.32 Å². The summed E-state index contributed by atoms with van der Waals surface area (Å²) in [5.41, 5.74) is 1.90. The van der Waals surface area contributed by atoms with E-state index in [-0.39, 0.29) is 5.54 Å². The fourth-order valence-corrected chi connectivity index (χ4v) is 3.67. The minimum absolute atomic E-state index is 0.108. The Hall–Kier alpha value is -1.38. The summed E-state index contributed by atoms with van der Waals surface area (Å²) in [4.78, 5) is 14.8. The highest BCUT2D eigenvalue weighted by molar-refractivity contribution is 5.48. The van der Waals surface area contributed by atoms with Crippen molar-refractivity contribution in [2.24, 2.45) is 0 Å². The molecule has 1 heterocycles. The van der Waals surface area contributed by atoms with Crippen LogP contribution in [-0.2, 0) is 10.2 Å². The maximum absolute atomic E-state index is 10.7. The number of nitrogens with zero attached hydrogens (tertiary/aromatic N) is 1. The quantitative estimate of drug-likeness (QED) is 0.809. The lowest BCUT2D eigenvalue weighted by Crippen LogP contribution is -2.55. The molecule has 1 N–H and O–H groups in total. The zero-order valence-electron chi connectivity index (χ0n) is 9.98. The van der Waals surface area contributed by atoms with Crippen LogP contribution in [-0.4, -0.2) is 16.9 Å². The summed E-state index contributed by atoms with van der Waals surface area (Å²) >= 11 is 0. The van der Waals surface area contributed by atoms with Crippen molar-refractivity contribution in [3.8, 4) is 0 Å². The number of fused-ring (bicyclic) bond motifs is 3. The lowest BCUT2D eigenvalue weighted by atomic mass is 9.55. The number of hydrogen-bond donors (Lipinski definition) is 1. The normalized spacial score (nSPS) is 35.5. The Kier molecular flexibility index (Phi) is 2.42. The van der Waals surface area contributed by atoms with Crippen LogP contribution in [0.25, 0.3) is 0 Å². The third-order valence-corrected chi connectivity index (χ3v) is 4.90. The fraction of sp³-hybridized carbons (Fsp3) is 0.571. The first-order chi connectivity index (χ1) is 8.29. The van der Waals surface area contributed by atoms with E-state index >= 15 is 0 Å². The van der Waals surface area contributed by atoms with Crippen LogP contribution in [0.4, 0.5) is 0 Å². The highest BCUT2D eigenvalue weighted by Crippen LogP contribution is 2.53. The van der Waals surface area contributed by atoms with Crippen LogP contribution in [0.3, 0.4) is 0 Å². The second-order valence-electron chi connectivity index (χ2n) is 5.56. The predicted octanol–water partition coefficient (Wildman–Crippen LogP) is 2.17. The predicted molar refractivity (Wildman–Crippen MR) is 65.5 cm³/mol. The van der Waals surface area contributed by atoms with Crippen LogP contribution in [0, 0.1) is 0 Å². The van der Waals surface area contributed by atoms with Gasteiger partial charge in [0, 0.05) is 17.9 Å². The van der Waals surface area contributed by atoms with Gasteiger partial charge >= 0.3 is 0 Å². The molecule has 0 spiro atoms. The van der Waals surface area contributed by atoms with Gasteiger partial charge in [-0.05, 0) is 61.6 Å². The second-order valence-corrected chi connectivity index (χ2v) is 5.56. The molecular formula is C14H18N2O. The molecule has 3 saturated carbocycles. The topological polar surface area (TPSA) is 42.0 Å². The van der Waals surface area contributed by atoms with Crippen molar-refractivity contribution in [2.45, 2.75) is 49.5 Å². The number of nitrogens with one attached hydrogen (secondary N) is 1. The monoisotopic (exact) mass is 230 g/mol. The van der Waals surface area contributed by atoms with Gasteiger partial charge in [0.1, 0.15) is 0 Å².